The SMILES string of the molecule is C[C@]1(c2nc(-c3nc(OC[C@@]45CCCN4C[C@H](F)C5)nc(N4C[C@H](C(F)F)[C@@H](N)C4)n3)no2)CCCc2sc(N)c(C#N)c21. The number of aryl methyl sites for hydroxylation is 1. The molecule has 3 saturated heterocycles. The minimum absolute atomic E-state index is 0.0367. The van der Waals surface area contributed by atoms with Gasteiger partial charge >= 0.3 is 6.01 Å². The van der Waals surface area contributed by atoms with Crippen LogP contribution in [-0.2, 0) is 11.8 Å². The van der Waals surface area contributed by atoms with E-state index in [1.165, 1.54) is 11.3 Å². The van der Waals surface area contributed by atoms with Gasteiger partial charge in [-0.05, 0) is 45.6 Å². The first-order valence-corrected chi connectivity index (χ1v) is 15.6. The summed E-state index contributed by atoms with van der Waals surface area (Å²) < 4.78 is 53.6. The second-order valence-electron chi connectivity index (χ2n) is 12.5. The Labute approximate surface area is 255 Å². The lowest BCUT2D eigenvalue weighted by atomic mass is 9.72. The van der Waals surface area contributed by atoms with Gasteiger partial charge in [0.1, 0.15) is 23.8 Å². The molecule has 12 nitrogen and oxygen atoms in total. The maximum atomic E-state index is 14.4. The molecule has 4 aliphatic rings. The predicted molar refractivity (Wildman–Crippen MR) is 154 cm³/mol. The number of nitrogens with two attached hydrogens (primary N) is 2. The second-order valence-corrected chi connectivity index (χ2v) is 13.7. The van der Waals surface area contributed by atoms with Crippen molar-refractivity contribution in [2.24, 2.45) is 11.7 Å². The highest BCUT2D eigenvalue weighted by Crippen LogP contribution is 2.48. The summed E-state index contributed by atoms with van der Waals surface area (Å²) in [5, 5.41) is 14.5. The number of nitrogens with zero attached hydrogens (tertiary/aromatic N) is 8. The maximum Gasteiger partial charge on any atom is 0.321 e. The minimum atomic E-state index is -2.60. The van der Waals surface area contributed by atoms with E-state index in [4.69, 9.17) is 20.7 Å². The van der Waals surface area contributed by atoms with Crippen molar-refractivity contribution in [2.45, 2.75) is 75.0 Å². The van der Waals surface area contributed by atoms with Crippen LogP contribution < -0.4 is 21.1 Å². The average molecular weight is 631 g/mol. The van der Waals surface area contributed by atoms with Gasteiger partial charge in [-0.15, -0.1) is 11.3 Å². The van der Waals surface area contributed by atoms with Crippen LogP contribution in [0.5, 0.6) is 6.01 Å². The van der Waals surface area contributed by atoms with Crippen molar-refractivity contribution in [3.8, 4) is 23.7 Å². The molecular formula is C28H33F3N10O2S. The highest BCUT2D eigenvalue weighted by Gasteiger charge is 2.49. The fourth-order valence-electron chi connectivity index (χ4n) is 7.43. The number of thiophene rings is 1. The van der Waals surface area contributed by atoms with Gasteiger partial charge in [0.15, 0.2) is 0 Å². The summed E-state index contributed by atoms with van der Waals surface area (Å²) in [5.74, 6) is -0.560. The minimum Gasteiger partial charge on any atom is -0.461 e. The molecule has 5 atom stereocenters. The van der Waals surface area contributed by atoms with Crippen molar-refractivity contribution < 1.29 is 22.4 Å². The lowest BCUT2D eigenvalue weighted by Crippen LogP contribution is -2.43. The largest absolute Gasteiger partial charge is 0.461 e. The number of nitriles is 1. The number of fused-ring (bicyclic) bond motifs is 2. The Kier molecular flexibility index (Phi) is 7.17. The first-order valence-electron chi connectivity index (χ1n) is 14.8. The van der Waals surface area contributed by atoms with Crippen molar-refractivity contribution in [2.75, 3.05) is 43.4 Å². The zero-order chi connectivity index (χ0) is 30.8. The van der Waals surface area contributed by atoms with Crippen LogP contribution in [0.1, 0.15) is 60.9 Å². The van der Waals surface area contributed by atoms with E-state index in [0.717, 1.165) is 42.7 Å². The lowest BCUT2D eigenvalue weighted by molar-refractivity contribution is 0.0804. The van der Waals surface area contributed by atoms with E-state index in [-0.39, 0.29) is 49.2 Å². The summed E-state index contributed by atoms with van der Waals surface area (Å²) in [6.07, 6.45) is 0.890. The molecular weight excluding hydrogens is 597 g/mol. The Hall–Kier alpha value is -3.55. The van der Waals surface area contributed by atoms with E-state index in [1.807, 2.05) is 6.92 Å². The molecule has 1 aliphatic carbocycles. The molecule has 0 aromatic carbocycles. The van der Waals surface area contributed by atoms with Crippen molar-refractivity contribution >= 4 is 22.3 Å². The molecule has 0 amide bonds. The predicted octanol–water partition coefficient (Wildman–Crippen LogP) is 3.06. The first-order chi connectivity index (χ1) is 21.1. The molecule has 4 N–H and O–H groups in total. The van der Waals surface area contributed by atoms with E-state index >= 15 is 0 Å². The van der Waals surface area contributed by atoms with Crippen molar-refractivity contribution in [1.82, 2.24) is 30.0 Å². The van der Waals surface area contributed by atoms with E-state index in [1.54, 1.807) is 4.90 Å². The van der Waals surface area contributed by atoms with Gasteiger partial charge in [-0.2, -0.15) is 25.2 Å². The number of anilines is 2. The highest BCUT2D eigenvalue weighted by molar-refractivity contribution is 7.16. The van der Waals surface area contributed by atoms with E-state index in [0.29, 0.717) is 30.0 Å². The van der Waals surface area contributed by atoms with Crippen molar-refractivity contribution in [3.63, 3.8) is 0 Å². The van der Waals surface area contributed by atoms with Gasteiger partial charge in [0, 0.05) is 42.5 Å². The van der Waals surface area contributed by atoms with Gasteiger partial charge in [0.25, 0.3) is 0 Å². The smallest absolute Gasteiger partial charge is 0.321 e. The summed E-state index contributed by atoms with van der Waals surface area (Å²) in [5.41, 5.74) is 12.2. The number of rotatable bonds is 7. The van der Waals surface area contributed by atoms with E-state index < -0.39 is 35.5 Å². The first kappa shape index (κ1) is 29.2. The zero-order valence-electron chi connectivity index (χ0n) is 24.2. The summed E-state index contributed by atoms with van der Waals surface area (Å²) in [7, 11) is 0. The summed E-state index contributed by atoms with van der Waals surface area (Å²) in [6.45, 7) is 3.36. The van der Waals surface area contributed by atoms with Crippen LogP contribution in [0.15, 0.2) is 4.52 Å². The van der Waals surface area contributed by atoms with Crippen LogP contribution in [0.2, 0.25) is 0 Å². The Morgan fingerprint density at radius 2 is 2.00 bits per heavy atom. The normalized spacial score (nSPS) is 30.1. The van der Waals surface area contributed by atoms with Gasteiger partial charge in [0.2, 0.25) is 29.9 Å². The number of nitrogen functional groups attached to an aromatic ring is 1. The number of aromatic nitrogens is 5. The van der Waals surface area contributed by atoms with Crippen LogP contribution in [0.3, 0.4) is 0 Å². The maximum absolute atomic E-state index is 14.4. The van der Waals surface area contributed by atoms with Gasteiger partial charge < -0.3 is 25.6 Å². The van der Waals surface area contributed by atoms with Crippen molar-refractivity contribution in [1.29, 1.82) is 5.26 Å². The lowest BCUT2D eigenvalue weighted by Gasteiger charge is -2.30. The number of ether oxygens (including phenoxy) is 1. The number of hydrogen-bond donors (Lipinski definition) is 2. The molecule has 0 bridgehead atoms. The monoisotopic (exact) mass is 630 g/mol. The summed E-state index contributed by atoms with van der Waals surface area (Å²) >= 11 is 1.40. The molecule has 234 valence electrons. The van der Waals surface area contributed by atoms with Crippen LogP contribution in [-0.4, -0.2) is 87.0 Å². The molecule has 44 heavy (non-hydrogen) atoms. The molecule has 3 fully saturated rings. The molecule has 16 heteroatoms. The molecule has 0 spiro atoms. The number of halogens is 3. The molecule has 3 aliphatic heterocycles. The third-order valence-corrected chi connectivity index (χ3v) is 10.8. The molecule has 7 rings (SSSR count). The molecule has 0 saturated carbocycles. The molecule has 3 aromatic rings. The van der Waals surface area contributed by atoms with Gasteiger partial charge in [-0.3, -0.25) is 4.90 Å². The van der Waals surface area contributed by atoms with Gasteiger partial charge in [-0.25, -0.2) is 13.2 Å². The fraction of sp³-hybridized carbons (Fsp3) is 0.643. The van der Waals surface area contributed by atoms with Crippen LogP contribution in [0, 0.1) is 17.2 Å². The zero-order valence-corrected chi connectivity index (χ0v) is 25.0. The van der Waals surface area contributed by atoms with Crippen LogP contribution in [0.4, 0.5) is 24.1 Å². The van der Waals surface area contributed by atoms with Crippen molar-refractivity contribution in [3.05, 3.63) is 21.9 Å². The Balaban J connectivity index is 1.24. The van der Waals surface area contributed by atoms with Crippen LogP contribution >= 0.6 is 11.3 Å². The highest BCUT2D eigenvalue weighted by atomic mass is 32.1. The molecule has 6 heterocycles. The Morgan fingerprint density at radius 1 is 1.16 bits per heavy atom. The molecule has 3 aromatic heterocycles. The average Bonchev–Trinajstić information content (AvgIpc) is 3.80. The second kappa shape index (κ2) is 10.8. The van der Waals surface area contributed by atoms with Crippen LogP contribution in [0.25, 0.3) is 11.6 Å². The van der Waals surface area contributed by atoms with E-state index in [2.05, 4.69) is 36.1 Å². The molecule has 0 radical (unpaired) electrons. The molecule has 0 unspecified atom stereocenters. The standard InChI is InChI=1S/C28H33F3N10O2S/c1-27(5-2-4-18-19(27)15(9-32)21(34)44-18)24-35-23(39-43-24)22-36-25(40-11-16(20(30)31)17(33)12-40)38-26(37-22)42-13-28-6-3-7-41(28)10-14(29)8-28/h14,16-17,20H,2-8,10-13,33-34H2,1H3/t14-,16+,17+,27+,28+/m1/s1. The fourth-order valence-corrected chi connectivity index (χ4v) is 8.62. The number of alkyl halides is 3. The number of hydrogen-bond acceptors (Lipinski definition) is 13. The third-order valence-electron chi connectivity index (χ3n) is 9.70. The third kappa shape index (κ3) is 4.76. The summed E-state index contributed by atoms with van der Waals surface area (Å²) in [6, 6.07) is 1.42. The quantitative estimate of drug-likeness (QED) is 0.392. The van der Waals surface area contributed by atoms with Gasteiger partial charge in [0.05, 0.1) is 22.4 Å². The summed E-state index contributed by atoms with van der Waals surface area (Å²) in [4.78, 5) is 22.9. The Morgan fingerprint density at radius 3 is 2.77 bits per heavy atom. The Bertz CT molecular complexity index is 1610. The topological polar surface area (TPSA) is 169 Å². The van der Waals surface area contributed by atoms with E-state index in [9.17, 15) is 18.4 Å². The van der Waals surface area contributed by atoms with Gasteiger partial charge in [-0.1, -0.05) is 5.16 Å².